The van der Waals surface area contributed by atoms with Crippen LogP contribution in [0.4, 0.5) is 0 Å². The fraction of sp³-hybridized carbons (Fsp3) is 0.647. The molecule has 2 nitrogen and oxygen atoms in total. The summed E-state index contributed by atoms with van der Waals surface area (Å²) in [7, 11) is 0. The van der Waals surface area contributed by atoms with Crippen LogP contribution in [0.5, 0.6) is 0 Å². The highest BCUT2D eigenvalue weighted by atomic mass is 15.1. The summed E-state index contributed by atoms with van der Waals surface area (Å²) >= 11 is 0. The summed E-state index contributed by atoms with van der Waals surface area (Å²) in [5.41, 5.74) is 3.22. The van der Waals surface area contributed by atoms with Crippen molar-refractivity contribution in [2.45, 2.75) is 71.1 Å². The fourth-order valence-corrected chi connectivity index (χ4v) is 3.53. The van der Waals surface area contributed by atoms with Gasteiger partial charge >= 0.3 is 0 Å². The van der Waals surface area contributed by atoms with Gasteiger partial charge in [0.15, 0.2) is 0 Å². The van der Waals surface area contributed by atoms with Crippen molar-refractivity contribution in [1.29, 1.82) is 0 Å². The predicted molar refractivity (Wildman–Crippen MR) is 82.3 cm³/mol. The van der Waals surface area contributed by atoms with Crippen LogP contribution in [-0.2, 0) is 6.54 Å². The van der Waals surface area contributed by atoms with Gasteiger partial charge in [0.2, 0.25) is 0 Å². The Morgan fingerprint density at radius 3 is 2.26 bits per heavy atom. The summed E-state index contributed by atoms with van der Waals surface area (Å²) in [6.07, 6.45) is 2.37. The van der Waals surface area contributed by atoms with Gasteiger partial charge < -0.3 is 10.6 Å². The van der Waals surface area contributed by atoms with E-state index in [0.717, 1.165) is 6.54 Å². The molecule has 1 fully saturated rings. The van der Waals surface area contributed by atoms with E-state index in [9.17, 15) is 0 Å². The lowest BCUT2D eigenvalue weighted by Crippen LogP contribution is -2.61. The monoisotopic (exact) mass is 260 g/mol. The number of piperidine rings is 1. The number of hydrogen-bond acceptors (Lipinski definition) is 2. The molecular formula is C17H28N2. The van der Waals surface area contributed by atoms with Gasteiger partial charge in [-0.05, 0) is 58.6 Å². The first-order chi connectivity index (χ1) is 8.77. The first-order valence-corrected chi connectivity index (χ1v) is 7.35. The van der Waals surface area contributed by atoms with Crippen molar-refractivity contribution < 1.29 is 0 Å². The van der Waals surface area contributed by atoms with Crippen LogP contribution in [0.25, 0.3) is 0 Å². The molecule has 0 aromatic heterocycles. The maximum absolute atomic E-state index is 3.75. The molecule has 1 aromatic carbocycles. The maximum atomic E-state index is 3.75. The number of nitrogens with one attached hydrogen (secondary N) is 2. The van der Waals surface area contributed by atoms with E-state index >= 15 is 0 Å². The van der Waals surface area contributed by atoms with Crippen LogP contribution in [0.1, 0.15) is 51.7 Å². The lowest BCUT2D eigenvalue weighted by Gasteiger charge is -2.46. The molecule has 2 N–H and O–H groups in total. The van der Waals surface area contributed by atoms with E-state index in [-0.39, 0.29) is 11.1 Å². The molecule has 0 bridgehead atoms. The average molecular weight is 260 g/mol. The highest BCUT2D eigenvalue weighted by Gasteiger charge is 2.37. The SMILES string of the molecule is Cc1ccccc1CNC1CC(C)(C)NC(C)(C)C1. The Morgan fingerprint density at radius 2 is 1.68 bits per heavy atom. The smallest absolute Gasteiger partial charge is 0.0210 e. The lowest BCUT2D eigenvalue weighted by molar-refractivity contribution is 0.145. The van der Waals surface area contributed by atoms with Gasteiger partial charge in [0.1, 0.15) is 0 Å². The fourth-order valence-electron chi connectivity index (χ4n) is 3.53. The van der Waals surface area contributed by atoms with Crippen LogP contribution in [-0.4, -0.2) is 17.1 Å². The van der Waals surface area contributed by atoms with Crippen LogP contribution in [0, 0.1) is 6.92 Å². The van der Waals surface area contributed by atoms with Gasteiger partial charge in [-0.3, -0.25) is 0 Å². The van der Waals surface area contributed by atoms with Gasteiger partial charge in [0.05, 0.1) is 0 Å². The van der Waals surface area contributed by atoms with Crippen molar-refractivity contribution in [3.63, 3.8) is 0 Å². The van der Waals surface area contributed by atoms with Gasteiger partial charge in [0, 0.05) is 23.7 Å². The second-order valence-electron chi connectivity index (χ2n) is 7.31. The third-order valence-electron chi connectivity index (χ3n) is 4.03. The Hall–Kier alpha value is -0.860. The zero-order valence-corrected chi connectivity index (χ0v) is 13.0. The molecule has 0 spiro atoms. The topological polar surface area (TPSA) is 24.1 Å². The molecule has 2 rings (SSSR count). The van der Waals surface area contributed by atoms with E-state index in [1.807, 2.05) is 0 Å². The Labute approximate surface area is 118 Å². The molecule has 106 valence electrons. The minimum atomic E-state index is 0.213. The Bertz CT molecular complexity index is 419. The Kier molecular flexibility index (Phi) is 4.03. The molecule has 19 heavy (non-hydrogen) atoms. The predicted octanol–water partition coefficient (Wildman–Crippen LogP) is 3.39. The lowest BCUT2D eigenvalue weighted by atomic mass is 9.79. The molecule has 0 atom stereocenters. The number of benzene rings is 1. The van der Waals surface area contributed by atoms with Gasteiger partial charge in [-0.1, -0.05) is 24.3 Å². The van der Waals surface area contributed by atoms with E-state index in [0.29, 0.717) is 6.04 Å². The minimum absolute atomic E-state index is 0.213. The molecule has 1 saturated heterocycles. The summed E-state index contributed by atoms with van der Waals surface area (Å²) in [6.45, 7) is 12.4. The molecule has 0 saturated carbocycles. The number of aryl methyl sites for hydroxylation is 1. The summed E-state index contributed by atoms with van der Waals surface area (Å²) in [5.74, 6) is 0. The maximum Gasteiger partial charge on any atom is 0.0210 e. The second kappa shape index (κ2) is 5.26. The van der Waals surface area contributed by atoms with Gasteiger partial charge in [-0.25, -0.2) is 0 Å². The third kappa shape index (κ3) is 4.05. The molecule has 1 aliphatic heterocycles. The molecule has 2 heteroatoms. The molecular weight excluding hydrogens is 232 g/mol. The summed E-state index contributed by atoms with van der Waals surface area (Å²) in [6, 6.07) is 9.23. The van der Waals surface area contributed by atoms with Crippen LogP contribution < -0.4 is 10.6 Å². The zero-order chi connectivity index (χ0) is 14.1. The van der Waals surface area contributed by atoms with Crippen molar-refractivity contribution in [2.24, 2.45) is 0 Å². The highest BCUT2D eigenvalue weighted by Crippen LogP contribution is 2.28. The second-order valence-corrected chi connectivity index (χ2v) is 7.31. The van der Waals surface area contributed by atoms with E-state index < -0.39 is 0 Å². The van der Waals surface area contributed by atoms with Gasteiger partial charge in [-0.15, -0.1) is 0 Å². The van der Waals surface area contributed by atoms with Crippen molar-refractivity contribution in [3.8, 4) is 0 Å². The van der Waals surface area contributed by atoms with E-state index in [1.165, 1.54) is 24.0 Å². The van der Waals surface area contributed by atoms with Gasteiger partial charge in [-0.2, -0.15) is 0 Å². The number of rotatable bonds is 3. The van der Waals surface area contributed by atoms with Crippen LogP contribution in [0.2, 0.25) is 0 Å². The van der Waals surface area contributed by atoms with Crippen molar-refractivity contribution in [1.82, 2.24) is 10.6 Å². The average Bonchev–Trinajstić information content (AvgIpc) is 2.23. The summed E-state index contributed by atoms with van der Waals surface area (Å²) in [5, 5.41) is 7.48. The first kappa shape index (κ1) is 14.5. The third-order valence-corrected chi connectivity index (χ3v) is 4.03. The molecule has 0 amide bonds. The molecule has 0 aliphatic carbocycles. The minimum Gasteiger partial charge on any atom is -0.310 e. The molecule has 1 heterocycles. The Morgan fingerprint density at radius 1 is 1.11 bits per heavy atom. The normalized spacial score (nSPS) is 22.4. The molecule has 0 radical (unpaired) electrons. The number of hydrogen-bond donors (Lipinski definition) is 2. The quantitative estimate of drug-likeness (QED) is 0.870. The molecule has 0 unspecified atom stereocenters. The largest absolute Gasteiger partial charge is 0.310 e. The van der Waals surface area contributed by atoms with E-state index in [2.05, 4.69) is 69.5 Å². The van der Waals surface area contributed by atoms with Crippen molar-refractivity contribution >= 4 is 0 Å². The standard InChI is InChI=1S/C17H28N2/c1-13-8-6-7-9-14(13)12-18-15-10-16(2,3)19-17(4,5)11-15/h6-9,15,18-19H,10-12H2,1-5H3. The van der Waals surface area contributed by atoms with Crippen LogP contribution in [0.15, 0.2) is 24.3 Å². The van der Waals surface area contributed by atoms with E-state index in [4.69, 9.17) is 0 Å². The molecule has 1 aliphatic rings. The van der Waals surface area contributed by atoms with Crippen LogP contribution >= 0.6 is 0 Å². The highest BCUT2D eigenvalue weighted by molar-refractivity contribution is 5.25. The van der Waals surface area contributed by atoms with Gasteiger partial charge in [0.25, 0.3) is 0 Å². The summed E-state index contributed by atoms with van der Waals surface area (Å²) < 4.78 is 0. The Balaban J connectivity index is 1.98. The van der Waals surface area contributed by atoms with E-state index in [1.54, 1.807) is 0 Å². The van der Waals surface area contributed by atoms with Crippen molar-refractivity contribution in [2.75, 3.05) is 0 Å². The zero-order valence-electron chi connectivity index (χ0n) is 13.0. The molecule has 1 aromatic rings. The first-order valence-electron chi connectivity index (χ1n) is 7.35. The van der Waals surface area contributed by atoms with Crippen LogP contribution in [0.3, 0.4) is 0 Å². The summed E-state index contributed by atoms with van der Waals surface area (Å²) in [4.78, 5) is 0. The van der Waals surface area contributed by atoms with Crippen molar-refractivity contribution in [3.05, 3.63) is 35.4 Å².